The summed E-state index contributed by atoms with van der Waals surface area (Å²) in [6, 6.07) is 23.4. The SMILES string of the molecule is Cc1ccc(N=C(c2ccc([N+](=O)[O-])cc2)N(C)c2c([N+](=O)[O-])cc([N+](=O)[O-])cc2[N+](=O)[O-])cc1.Cc1ccccc1. The van der Waals surface area contributed by atoms with Gasteiger partial charge in [-0.05, 0) is 38.1 Å². The second kappa shape index (κ2) is 13.3. The Bertz CT molecular complexity index is 1620. The topological polar surface area (TPSA) is 188 Å². The number of aliphatic imine (C=N–C) groups is 1. The first kappa shape index (κ1) is 30.5. The Morgan fingerprint density at radius 2 is 1.10 bits per heavy atom. The quantitative estimate of drug-likeness (QED) is 0.0988. The van der Waals surface area contributed by atoms with E-state index in [0.29, 0.717) is 17.8 Å². The van der Waals surface area contributed by atoms with Gasteiger partial charge in [0, 0.05) is 24.7 Å². The van der Waals surface area contributed by atoms with Gasteiger partial charge in [-0.15, -0.1) is 0 Å². The summed E-state index contributed by atoms with van der Waals surface area (Å²) in [5.41, 5.74) is -0.470. The van der Waals surface area contributed by atoms with Crippen LogP contribution in [0.1, 0.15) is 16.7 Å². The molecule has 4 aromatic carbocycles. The van der Waals surface area contributed by atoms with Crippen molar-refractivity contribution >= 4 is 40.0 Å². The van der Waals surface area contributed by atoms with E-state index in [2.05, 4.69) is 24.0 Å². The highest BCUT2D eigenvalue weighted by atomic mass is 16.6. The number of hydrogen-bond acceptors (Lipinski definition) is 9. The molecule has 0 aliphatic carbocycles. The summed E-state index contributed by atoms with van der Waals surface area (Å²) in [5.74, 6) is -0.0243. The molecule has 14 nitrogen and oxygen atoms in total. The molecule has 0 fully saturated rings. The van der Waals surface area contributed by atoms with Crippen LogP contribution in [-0.2, 0) is 0 Å². The minimum Gasteiger partial charge on any atom is -0.318 e. The third-order valence-electron chi connectivity index (χ3n) is 5.86. The number of nitro groups is 4. The highest BCUT2D eigenvalue weighted by Gasteiger charge is 2.35. The zero-order valence-corrected chi connectivity index (χ0v) is 22.6. The minimum absolute atomic E-state index is 0.0243. The molecule has 0 unspecified atom stereocenters. The Kier molecular flexibility index (Phi) is 9.69. The van der Waals surface area contributed by atoms with E-state index in [9.17, 15) is 40.5 Å². The van der Waals surface area contributed by atoms with E-state index in [1.165, 1.54) is 36.9 Å². The Morgan fingerprint density at radius 1 is 0.619 bits per heavy atom. The van der Waals surface area contributed by atoms with Gasteiger partial charge in [0.05, 0.1) is 37.5 Å². The van der Waals surface area contributed by atoms with E-state index in [0.717, 1.165) is 10.5 Å². The average Bonchev–Trinajstić information content (AvgIpc) is 2.96. The number of hydrogen-bond donors (Lipinski definition) is 0. The molecular formula is C28H24N6O8. The normalized spacial score (nSPS) is 10.7. The lowest BCUT2D eigenvalue weighted by molar-refractivity contribution is -0.402. The lowest BCUT2D eigenvalue weighted by Crippen LogP contribution is -2.28. The van der Waals surface area contributed by atoms with Gasteiger partial charge in [0.25, 0.3) is 11.4 Å². The number of benzene rings is 4. The van der Waals surface area contributed by atoms with Gasteiger partial charge >= 0.3 is 11.4 Å². The number of aryl methyl sites for hydroxylation is 2. The Labute approximate surface area is 238 Å². The van der Waals surface area contributed by atoms with E-state index in [1.54, 1.807) is 24.3 Å². The van der Waals surface area contributed by atoms with Crippen LogP contribution in [0.2, 0.25) is 0 Å². The van der Waals surface area contributed by atoms with Crippen LogP contribution in [0.5, 0.6) is 0 Å². The molecule has 42 heavy (non-hydrogen) atoms. The van der Waals surface area contributed by atoms with E-state index in [4.69, 9.17) is 0 Å². The summed E-state index contributed by atoms with van der Waals surface area (Å²) in [6.07, 6.45) is 0. The summed E-state index contributed by atoms with van der Waals surface area (Å²) < 4.78 is 0. The molecular weight excluding hydrogens is 548 g/mol. The molecule has 0 bridgehead atoms. The second-order valence-corrected chi connectivity index (χ2v) is 8.89. The molecule has 0 aliphatic rings. The zero-order chi connectivity index (χ0) is 31.0. The van der Waals surface area contributed by atoms with Crippen LogP contribution in [0.25, 0.3) is 0 Å². The zero-order valence-electron chi connectivity index (χ0n) is 22.6. The Balaban J connectivity index is 0.000000603. The van der Waals surface area contributed by atoms with E-state index < -0.39 is 42.4 Å². The van der Waals surface area contributed by atoms with E-state index in [-0.39, 0.29) is 17.1 Å². The molecule has 0 aromatic heterocycles. The third-order valence-corrected chi connectivity index (χ3v) is 5.86. The fraction of sp³-hybridized carbons (Fsp3) is 0.107. The van der Waals surface area contributed by atoms with Crippen LogP contribution < -0.4 is 4.90 Å². The number of non-ortho nitro benzene ring substituents is 2. The fourth-order valence-corrected chi connectivity index (χ4v) is 3.76. The smallest absolute Gasteiger partial charge is 0.306 e. The number of nitro benzene ring substituents is 4. The molecule has 0 atom stereocenters. The van der Waals surface area contributed by atoms with Crippen molar-refractivity contribution in [3.63, 3.8) is 0 Å². The van der Waals surface area contributed by atoms with Gasteiger partial charge in [0.15, 0.2) is 0 Å². The highest BCUT2D eigenvalue weighted by Crippen LogP contribution is 2.41. The monoisotopic (exact) mass is 572 g/mol. The van der Waals surface area contributed by atoms with Gasteiger partial charge in [-0.2, -0.15) is 0 Å². The van der Waals surface area contributed by atoms with Crippen LogP contribution in [0.4, 0.5) is 34.1 Å². The fourth-order valence-electron chi connectivity index (χ4n) is 3.76. The maximum absolute atomic E-state index is 11.8. The summed E-state index contributed by atoms with van der Waals surface area (Å²) in [7, 11) is 1.27. The van der Waals surface area contributed by atoms with Gasteiger partial charge in [-0.1, -0.05) is 53.6 Å². The van der Waals surface area contributed by atoms with Crippen LogP contribution in [0.15, 0.2) is 96.0 Å². The second-order valence-electron chi connectivity index (χ2n) is 8.89. The van der Waals surface area contributed by atoms with Crippen molar-refractivity contribution in [3.05, 3.63) is 148 Å². The average molecular weight is 573 g/mol. The van der Waals surface area contributed by atoms with Gasteiger partial charge < -0.3 is 4.90 Å². The van der Waals surface area contributed by atoms with E-state index in [1.807, 2.05) is 25.1 Å². The van der Waals surface area contributed by atoms with Gasteiger partial charge in [-0.3, -0.25) is 40.5 Å². The molecule has 0 N–H and O–H groups in total. The van der Waals surface area contributed by atoms with Crippen molar-refractivity contribution in [2.24, 2.45) is 4.99 Å². The molecule has 0 saturated carbocycles. The van der Waals surface area contributed by atoms with Gasteiger partial charge in [0.2, 0.25) is 5.69 Å². The van der Waals surface area contributed by atoms with Gasteiger partial charge in [-0.25, -0.2) is 4.99 Å². The molecule has 14 heteroatoms. The van der Waals surface area contributed by atoms with Crippen LogP contribution in [0, 0.1) is 54.3 Å². The lowest BCUT2D eigenvalue weighted by atomic mass is 10.1. The molecule has 0 heterocycles. The van der Waals surface area contributed by atoms with Crippen molar-refractivity contribution in [2.75, 3.05) is 11.9 Å². The molecule has 0 spiro atoms. The summed E-state index contributed by atoms with van der Waals surface area (Å²) in [4.78, 5) is 47.8. The van der Waals surface area contributed by atoms with E-state index >= 15 is 0 Å². The molecule has 0 radical (unpaired) electrons. The Morgan fingerprint density at radius 3 is 1.50 bits per heavy atom. The minimum atomic E-state index is -0.971. The maximum Gasteiger partial charge on any atom is 0.306 e. The summed E-state index contributed by atoms with van der Waals surface area (Å²) >= 11 is 0. The molecule has 0 amide bonds. The molecule has 4 rings (SSSR count). The third kappa shape index (κ3) is 7.53. The molecule has 0 saturated heterocycles. The largest absolute Gasteiger partial charge is 0.318 e. The first-order valence-corrected chi connectivity index (χ1v) is 12.2. The van der Waals surface area contributed by atoms with Crippen molar-refractivity contribution in [1.29, 1.82) is 0 Å². The predicted octanol–water partition coefficient (Wildman–Crippen LogP) is 6.84. The maximum atomic E-state index is 11.8. The van der Waals surface area contributed by atoms with Crippen LogP contribution in [0.3, 0.4) is 0 Å². The van der Waals surface area contributed by atoms with Gasteiger partial charge in [0.1, 0.15) is 5.84 Å². The van der Waals surface area contributed by atoms with Crippen molar-refractivity contribution < 1.29 is 19.7 Å². The first-order valence-electron chi connectivity index (χ1n) is 12.2. The first-order chi connectivity index (χ1) is 19.9. The molecule has 214 valence electrons. The Hall–Kier alpha value is -6.05. The summed E-state index contributed by atoms with van der Waals surface area (Å²) in [5, 5.41) is 45.8. The van der Waals surface area contributed by atoms with Crippen molar-refractivity contribution in [3.8, 4) is 0 Å². The number of amidine groups is 1. The molecule has 0 aliphatic heterocycles. The number of nitrogens with zero attached hydrogens (tertiary/aromatic N) is 6. The predicted molar refractivity (Wildman–Crippen MR) is 156 cm³/mol. The number of anilines is 1. The number of rotatable bonds is 7. The van der Waals surface area contributed by atoms with Crippen LogP contribution in [-0.4, -0.2) is 32.6 Å². The van der Waals surface area contributed by atoms with Crippen molar-refractivity contribution in [2.45, 2.75) is 13.8 Å². The molecule has 4 aromatic rings. The highest BCUT2D eigenvalue weighted by molar-refractivity contribution is 6.13. The lowest BCUT2D eigenvalue weighted by Gasteiger charge is -2.21. The van der Waals surface area contributed by atoms with Crippen LogP contribution >= 0.6 is 0 Å². The summed E-state index contributed by atoms with van der Waals surface area (Å²) in [6.45, 7) is 3.93. The standard InChI is InChI=1S/C21H16N6O8.C7H8/c1-13-3-7-15(8-4-13)22-21(14-5-9-16(10-6-14)24(28)29)23(2)20-18(26(32)33)11-17(25(30)31)12-19(20)27(34)35;1-7-5-3-2-4-6-7/h3-12H,1-2H3;2-6H,1H3. The van der Waals surface area contributed by atoms with Crippen molar-refractivity contribution in [1.82, 2.24) is 0 Å².